The minimum Gasteiger partial charge on any atom is -0.453 e. The highest BCUT2D eigenvalue weighted by atomic mass is 32.2. The third-order valence-corrected chi connectivity index (χ3v) is 4.47. The highest BCUT2D eigenvalue weighted by Gasteiger charge is 2.18. The number of hydrogen-bond acceptors (Lipinski definition) is 6. The summed E-state index contributed by atoms with van der Waals surface area (Å²) in [6.45, 7) is 2.60. The fraction of sp³-hybridized carbons (Fsp3) is 0.222. The Morgan fingerprint density at radius 1 is 0.840 bits per heavy atom. The van der Waals surface area contributed by atoms with E-state index in [4.69, 9.17) is 9.47 Å². The van der Waals surface area contributed by atoms with Gasteiger partial charge in [0.1, 0.15) is 5.75 Å². The Labute approximate surface area is 146 Å². The monoisotopic (exact) mass is 362 g/mol. The number of ether oxygens (including phenoxy) is 2. The second-order valence-electron chi connectivity index (χ2n) is 5.49. The molecule has 0 N–H and O–H groups in total. The summed E-state index contributed by atoms with van der Waals surface area (Å²) >= 11 is 0. The lowest BCUT2D eigenvalue weighted by Crippen LogP contribution is -2.10. The van der Waals surface area contributed by atoms with Crippen molar-refractivity contribution in [2.45, 2.75) is 24.8 Å². The summed E-state index contributed by atoms with van der Waals surface area (Å²) < 4.78 is 33.5. The Hall–Kier alpha value is -2.67. The summed E-state index contributed by atoms with van der Waals surface area (Å²) in [7, 11) is -3.31. The molecule has 2 aromatic rings. The minimum atomic E-state index is -3.31. The molecule has 0 heterocycles. The van der Waals surface area contributed by atoms with E-state index in [-0.39, 0.29) is 4.90 Å². The third kappa shape index (κ3) is 5.15. The smallest absolute Gasteiger partial charge is 0.308 e. The van der Waals surface area contributed by atoms with E-state index in [9.17, 15) is 18.0 Å². The van der Waals surface area contributed by atoms with Crippen LogP contribution in [-0.2, 0) is 24.2 Å². The second-order valence-corrected chi connectivity index (χ2v) is 7.51. The van der Waals surface area contributed by atoms with E-state index in [2.05, 4.69) is 0 Å². The summed E-state index contributed by atoms with van der Waals surface area (Å²) in [6.07, 6.45) is 0.428. The van der Waals surface area contributed by atoms with Crippen molar-refractivity contribution >= 4 is 21.8 Å². The van der Waals surface area contributed by atoms with E-state index in [1.165, 1.54) is 26.0 Å². The maximum absolute atomic E-state index is 11.6. The van der Waals surface area contributed by atoms with Crippen molar-refractivity contribution in [3.05, 3.63) is 59.7 Å². The molecule has 0 aromatic heterocycles. The Bertz CT molecular complexity index is 867. The van der Waals surface area contributed by atoms with Crippen molar-refractivity contribution in [1.82, 2.24) is 0 Å². The molecule has 0 saturated heterocycles. The Morgan fingerprint density at radius 3 is 1.72 bits per heavy atom. The topological polar surface area (TPSA) is 86.7 Å². The van der Waals surface area contributed by atoms with E-state index in [0.717, 1.165) is 6.26 Å². The number of hydrogen-bond donors (Lipinski definition) is 0. The first kappa shape index (κ1) is 18.7. The maximum atomic E-state index is 11.6. The van der Waals surface area contributed by atoms with Gasteiger partial charge in [0.2, 0.25) is 0 Å². The fourth-order valence-electron chi connectivity index (χ4n) is 2.26. The molecular formula is C18H18O6S. The average Bonchev–Trinajstić information content (AvgIpc) is 2.52. The van der Waals surface area contributed by atoms with Crippen LogP contribution in [0.3, 0.4) is 0 Å². The van der Waals surface area contributed by atoms with Gasteiger partial charge in [0, 0.05) is 20.1 Å². The van der Waals surface area contributed by atoms with Crippen LogP contribution < -0.4 is 4.74 Å². The molecule has 2 aromatic carbocycles. The third-order valence-electron chi connectivity index (χ3n) is 3.34. The van der Waals surface area contributed by atoms with Crippen molar-refractivity contribution in [1.29, 1.82) is 0 Å². The molecule has 132 valence electrons. The number of esters is 2. The van der Waals surface area contributed by atoms with Gasteiger partial charge in [0.05, 0.1) is 4.90 Å². The quantitative estimate of drug-likeness (QED) is 0.600. The molecule has 0 aliphatic rings. The highest BCUT2D eigenvalue weighted by Crippen LogP contribution is 2.28. The SMILES string of the molecule is CC(=O)Oc1ccc(C(OC(C)=O)c2ccc(S(C)(=O)=O)cc2)cc1. The zero-order chi connectivity index (χ0) is 18.6. The molecule has 6 nitrogen and oxygen atoms in total. The number of rotatable bonds is 5. The molecule has 0 saturated carbocycles. The molecule has 0 amide bonds. The van der Waals surface area contributed by atoms with Crippen LogP contribution in [0.1, 0.15) is 31.1 Å². The standard InChI is InChI=1S/C18H18O6S/c1-12(19)23-16-8-4-14(5-9-16)18(24-13(2)20)15-6-10-17(11-7-15)25(3,21)22/h4-11,18H,1-3H3. The van der Waals surface area contributed by atoms with Gasteiger partial charge < -0.3 is 9.47 Å². The van der Waals surface area contributed by atoms with Gasteiger partial charge in [-0.1, -0.05) is 24.3 Å². The molecule has 7 heteroatoms. The van der Waals surface area contributed by atoms with E-state index in [1.54, 1.807) is 36.4 Å². The predicted molar refractivity (Wildman–Crippen MR) is 90.9 cm³/mol. The first-order valence-electron chi connectivity index (χ1n) is 7.42. The van der Waals surface area contributed by atoms with Gasteiger partial charge >= 0.3 is 11.9 Å². The van der Waals surface area contributed by atoms with Crippen LogP contribution in [0.25, 0.3) is 0 Å². The van der Waals surface area contributed by atoms with E-state index in [0.29, 0.717) is 16.9 Å². The fourth-order valence-corrected chi connectivity index (χ4v) is 2.89. The lowest BCUT2D eigenvalue weighted by molar-refractivity contribution is -0.144. The highest BCUT2D eigenvalue weighted by molar-refractivity contribution is 7.90. The minimum absolute atomic E-state index is 0.183. The maximum Gasteiger partial charge on any atom is 0.308 e. The molecule has 2 rings (SSSR count). The van der Waals surface area contributed by atoms with Crippen molar-refractivity contribution in [3.8, 4) is 5.75 Å². The average molecular weight is 362 g/mol. The number of carbonyl (C=O) groups excluding carboxylic acids is 2. The van der Waals surface area contributed by atoms with Crippen LogP contribution in [0, 0.1) is 0 Å². The van der Waals surface area contributed by atoms with Crippen LogP contribution in [0.2, 0.25) is 0 Å². The lowest BCUT2D eigenvalue weighted by Gasteiger charge is -2.18. The zero-order valence-corrected chi connectivity index (χ0v) is 14.9. The summed E-state index contributed by atoms with van der Waals surface area (Å²) in [4.78, 5) is 22.6. The van der Waals surface area contributed by atoms with Gasteiger partial charge in [-0.05, 0) is 35.4 Å². The van der Waals surface area contributed by atoms with Crippen LogP contribution in [0.15, 0.2) is 53.4 Å². The van der Waals surface area contributed by atoms with Crippen molar-refractivity contribution in [3.63, 3.8) is 0 Å². The van der Waals surface area contributed by atoms with Crippen molar-refractivity contribution < 1.29 is 27.5 Å². The Morgan fingerprint density at radius 2 is 1.32 bits per heavy atom. The van der Waals surface area contributed by atoms with Crippen LogP contribution in [-0.4, -0.2) is 26.6 Å². The zero-order valence-electron chi connectivity index (χ0n) is 14.1. The van der Waals surface area contributed by atoms with Gasteiger partial charge in [-0.25, -0.2) is 8.42 Å². The molecule has 0 bridgehead atoms. The lowest BCUT2D eigenvalue weighted by atomic mass is 10.0. The number of sulfone groups is 1. The molecule has 1 atom stereocenters. The molecule has 0 spiro atoms. The first-order valence-corrected chi connectivity index (χ1v) is 9.31. The number of carbonyl (C=O) groups is 2. The van der Waals surface area contributed by atoms with Crippen molar-refractivity contribution in [2.24, 2.45) is 0 Å². The van der Waals surface area contributed by atoms with Crippen LogP contribution in [0.5, 0.6) is 5.75 Å². The van der Waals surface area contributed by atoms with Gasteiger partial charge in [0.25, 0.3) is 0 Å². The summed E-state index contributed by atoms with van der Waals surface area (Å²) in [5.41, 5.74) is 1.29. The van der Waals surface area contributed by atoms with E-state index >= 15 is 0 Å². The summed E-state index contributed by atoms with van der Waals surface area (Å²) in [5, 5.41) is 0. The van der Waals surface area contributed by atoms with Crippen LogP contribution >= 0.6 is 0 Å². The van der Waals surface area contributed by atoms with Gasteiger partial charge in [0.15, 0.2) is 15.9 Å². The number of benzene rings is 2. The van der Waals surface area contributed by atoms with E-state index in [1.807, 2.05) is 0 Å². The first-order chi connectivity index (χ1) is 11.7. The molecule has 25 heavy (non-hydrogen) atoms. The second kappa shape index (κ2) is 7.48. The largest absolute Gasteiger partial charge is 0.453 e. The molecule has 0 radical (unpaired) electrons. The molecule has 0 aliphatic carbocycles. The summed E-state index contributed by atoms with van der Waals surface area (Å²) in [6, 6.07) is 12.7. The van der Waals surface area contributed by atoms with Crippen molar-refractivity contribution in [2.75, 3.05) is 6.26 Å². The normalized spacial score (nSPS) is 12.3. The van der Waals surface area contributed by atoms with Crippen LogP contribution in [0.4, 0.5) is 0 Å². The molecular weight excluding hydrogens is 344 g/mol. The van der Waals surface area contributed by atoms with Gasteiger partial charge in [-0.2, -0.15) is 0 Å². The Kier molecular flexibility index (Phi) is 5.58. The molecule has 0 fully saturated rings. The Balaban J connectivity index is 2.35. The predicted octanol–water partition coefficient (Wildman–Crippen LogP) is 2.67. The van der Waals surface area contributed by atoms with E-state index < -0.39 is 27.9 Å². The summed E-state index contributed by atoms with van der Waals surface area (Å²) in [5.74, 6) is -0.521. The molecule has 1 unspecified atom stereocenters. The van der Waals surface area contributed by atoms with Gasteiger partial charge in [-0.15, -0.1) is 0 Å². The molecule has 0 aliphatic heterocycles. The van der Waals surface area contributed by atoms with Gasteiger partial charge in [-0.3, -0.25) is 9.59 Å².